The Morgan fingerprint density at radius 1 is 1.12 bits per heavy atom. The van der Waals surface area contributed by atoms with Crippen molar-refractivity contribution in [2.24, 2.45) is 0 Å². The van der Waals surface area contributed by atoms with Gasteiger partial charge in [0.1, 0.15) is 5.69 Å². The summed E-state index contributed by atoms with van der Waals surface area (Å²) in [5.74, 6) is 0. The lowest BCUT2D eigenvalue weighted by Crippen LogP contribution is -1.84. The molecule has 16 heavy (non-hydrogen) atoms. The molecular weight excluding hydrogens is 220 g/mol. The molecule has 1 aromatic heterocycles. The van der Waals surface area contributed by atoms with Gasteiger partial charge >= 0.3 is 0 Å². The first-order valence-electron chi connectivity index (χ1n) is 5.28. The monoisotopic (exact) mass is 236 g/mol. The zero-order chi connectivity index (χ0) is 11.6. The molecule has 0 fully saturated rings. The standard InChI is InChI=1S/C8H6N2S.C4H10O/c1-2-4-7(5-3-1)8-6-11-10-9-8;1-3-5-4-2/h1-6H;3-4H2,1-2H3. The first-order valence-corrected chi connectivity index (χ1v) is 6.12. The lowest BCUT2D eigenvalue weighted by molar-refractivity contribution is 0.162. The van der Waals surface area contributed by atoms with E-state index in [1.165, 1.54) is 11.5 Å². The van der Waals surface area contributed by atoms with E-state index in [-0.39, 0.29) is 0 Å². The molecule has 0 N–H and O–H groups in total. The van der Waals surface area contributed by atoms with Crippen molar-refractivity contribution in [3.63, 3.8) is 0 Å². The third-order valence-corrected chi connectivity index (χ3v) is 2.34. The van der Waals surface area contributed by atoms with E-state index in [0.717, 1.165) is 24.5 Å². The van der Waals surface area contributed by atoms with Crippen LogP contribution in [0.5, 0.6) is 0 Å². The quantitative estimate of drug-likeness (QED) is 0.820. The van der Waals surface area contributed by atoms with Crippen LogP contribution in [0, 0.1) is 0 Å². The van der Waals surface area contributed by atoms with Crippen molar-refractivity contribution in [3.8, 4) is 11.3 Å². The topological polar surface area (TPSA) is 35.0 Å². The first-order chi connectivity index (χ1) is 7.88. The second-order valence-electron chi connectivity index (χ2n) is 2.94. The van der Waals surface area contributed by atoms with Gasteiger partial charge in [-0.3, -0.25) is 0 Å². The highest BCUT2D eigenvalue weighted by Gasteiger charge is 1.96. The fourth-order valence-electron chi connectivity index (χ4n) is 1.10. The van der Waals surface area contributed by atoms with Crippen LogP contribution in [0.3, 0.4) is 0 Å². The van der Waals surface area contributed by atoms with Crippen LogP contribution in [-0.4, -0.2) is 22.8 Å². The number of ether oxygens (including phenoxy) is 1. The molecule has 86 valence electrons. The number of hydrogen-bond donors (Lipinski definition) is 0. The van der Waals surface area contributed by atoms with E-state index < -0.39 is 0 Å². The minimum atomic E-state index is 0.844. The van der Waals surface area contributed by atoms with Gasteiger partial charge in [0.15, 0.2) is 0 Å². The minimum absolute atomic E-state index is 0.844. The van der Waals surface area contributed by atoms with Crippen molar-refractivity contribution in [1.82, 2.24) is 9.59 Å². The fraction of sp³-hybridized carbons (Fsp3) is 0.333. The maximum absolute atomic E-state index is 4.83. The molecule has 0 saturated carbocycles. The molecule has 3 nitrogen and oxygen atoms in total. The number of rotatable bonds is 3. The van der Waals surface area contributed by atoms with Crippen LogP contribution in [0.4, 0.5) is 0 Å². The molecule has 0 radical (unpaired) electrons. The SMILES string of the molecule is CCOCC.c1ccc(-c2csnn2)cc1. The van der Waals surface area contributed by atoms with Gasteiger partial charge in [-0.2, -0.15) is 0 Å². The van der Waals surface area contributed by atoms with Crippen LogP contribution in [0.25, 0.3) is 11.3 Å². The van der Waals surface area contributed by atoms with Crippen molar-refractivity contribution >= 4 is 11.5 Å². The predicted octanol–water partition coefficient (Wildman–Crippen LogP) is 3.25. The lowest BCUT2D eigenvalue weighted by Gasteiger charge is -1.90. The summed E-state index contributed by atoms with van der Waals surface area (Å²) in [6.07, 6.45) is 0. The van der Waals surface area contributed by atoms with Crippen LogP contribution >= 0.6 is 11.5 Å². The highest BCUT2D eigenvalue weighted by Crippen LogP contribution is 2.15. The Bertz CT molecular complexity index is 360. The van der Waals surface area contributed by atoms with Crippen molar-refractivity contribution < 1.29 is 4.74 Å². The van der Waals surface area contributed by atoms with Crippen LogP contribution in [0.1, 0.15) is 13.8 Å². The number of aromatic nitrogens is 2. The molecule has 4 heteroatoms. The smallest absolute Gasteiger partial charge is 0.105 e. The number of benzene rings is 1. The Kier molecular flexibility index (Phi) is 6.37. The third kappa shape index (κ3) is 4.51. The van der Waals surface area contributed by atoms with Crippen LogP contribution < -0.4 is 0 Å². The second-order valence-corrected chi connectivity index (χ2v) is 3.55. The van der Waals surface area contributed by atoms with E-state index in [2.05, 4.69) is 9.59 Å². The highest BCUT2D eigenvalue weighted by molar-refractivity contribution is 7.03. The third-order valence-electron chi connectivity index (χ3n) is 1.84. The molecule has 0 aliphatic rings. The molecule has 0 saturated heterocycles. The summed E-state index contributed by atoms with van der Waals surface area (Å²) < 4.78 is 8.62. The normalized spacial score (nSPS) is 9.38. The summed E-state index contributed by atoms with van der Waals surface area (Å²) in [6, 6.07) is 10.0. The number of hydrogen-bond acceptors (Lipinski definition) is 4. The van der Waals surface area contributed by atoms with E-state index in [4.69, 9.17) is 4.74 Å². The Hall–Kier alpha value is -1.26. The maximum Gasteiger partial charge on any atom is 0.105 e. The summed E-state index contributed by atoms with van der Waals surface area (Å²) in [5, 5.41) is 5.89. The fourth-order valence-corrected chi connectivity index (χ4v) is 1.57. The van der Waals surface area contributed by atoms with E-state index >= 15 is 0 Å². The molecule has 0 aliphatic heterocycles. The molecule has 0 bridgehead atoms. The van der Waals surface area contributed by atoms with Gasteiger partial charge in [0.25, 0.3) is 0 Å². The molecular formula is C12H16N2OS. The summed E-state index contributed by atoms with van der Waals surface area (Å²) in [5.41, 5.74) is 2.08. The Morgan fingerprint density at radius 2 is 1.81 bits per heavy atom. The maximum atomic E-state index is 4.83. The Morgan fingerprint density at radius 3 is 2.25 bits per heavy atom. The average molecular weight is 236 g/mol. The largest absolute Gasteiger partial charge is 0.382 e. The van der Waals surface area contributed by atoms with E-state index in [9.17, 15) is 0 Å². The summed E-state index contributed by atoms with van der Waals surface area (Å²) >= 11 is 1.37. The van der Waals surface area contributed by atoms with Gasteiger partial charge in [-0.1, -0.05) is 34.8 Å². The molecule has 0 spiro atoms. The predicted molar refractivity (Wildman–Crippen MR) is 67.5 cm³/mol. The van der Waals surface area contributed by atoms with Gasteiger partial charge in [-0.25, -0.2) is 0 Å². The molecule has 1 heterocycles. The van der Waals surface area contributed by atoms with Crippen LogP contribution in [-0.2, 0) is 4.74 Å². The van der Waals surface area contributed by atoms with Crippen molar-refractivity contribution in [2.45, 2.75) is 13.8 Å². The Balaban J connectivity index is 0.000000221. The zero-order valence-electron chi connectivity index (χ0n) is 9.59. The van der Waals surface area contributed by atoms with Gasteiger partial charge in [-0.15, -0.1) is 5.10 Å². The Labute approximate surface area is 100 Å². The molecule has 0 aliphatic carbocycles. The summed E-state index contributed by atoms with van der Waals surface area (Å²) in [7, 11) is 0. The molecule has 0 atom stereocenters. The van der Waals surface area contributed by atoms with Crippen molar-refractivity contribution in [1.29, 1.82) is 0 Å². The van der Waals surface area contributed by atoms with E-state index in [0.29, 0.717) is 0 Å². The average Bonchev–Trinajstić information content (AvgIpc) is 2.86. The molecule has 0 amide bonds. The lowest BCUT2D eigenvalue weighted by atomic mass is 10.2. The van der Waals surface area contributed by atoms with Gasteiger partial charge in [0.2, 0.25) is 0 Å². The molecule has 0 unspecified atom stereocenters. The van der Waals surface area contributed by atoms with Crippen molar-refractivity contribution in [2.75, 3.05) is 13.2 Å². The van der Waals surface area contributed by atoms with Crippen LogP contribution in [0.2, 0.25) is 0 Å². The molecule has 2 rings (SSSR count). The zero-order valence-corrected chi connectivity index (χ0v) is 10.4. The first kappa shape index (κ1) is 12.8. The highest BCUT2D eigenvalue weighted by atomic mass is 32.1. The minimum Gasteiger partial charge on any atom is -0.382 e. The van der Waals surface area contributed by atoms with Gasteiger partial charge in [0.05, 0.1) is 0 Å². The van der Waals surface area contributed by atoms with Gasteiger partial charge in [0, 0.05) is 24.2 Å². The van der Waals surface area contributed by atoms with Crippen molar-refractivity contribution in [3.05, 3.63) is 35.7 Å². The number of nitrogens with zero attached hydrogens (tertiary/aromatic N) is 2. The molecule has 2 aromatic rings. The van der Waals surface area contributed by atoms with Gasteiger partial charge in [-0.05, 0) is 25.4 Å². The second kappa shape index (κ2) is 7.96. The van der Waals surface area contributed by atoms with E-state index in [1.54, 1.807) is 0 Å². The van der Waals surface area contributed by atoms with Gasteiger partial charge < -0.3 is 4.74 Å². The summed E-state index contributed by atoms with van der Waals surface area (Å²) in [4.78, 5) is 0. The van der Waals surface area contributed by atoms with Crippen LogP contribution in [0.15, 0.2) is 35.7 Å². The van der Waals surface area contributed by atoms with E-state index in [1.807, 2.05) is 49.6 Å². The molecule has 1 aromatic carbocycles. The summed E-state index contributed by atoms with van der Waals surface area (Å²) in [6.45, 7) is 5.67.